The molecule has 1 aliphatic heterocycles. The predicted molar refractivity (Wildman–Crippen MR) is 76.7 cm³/mol. The van der Waals surface area contributed by atoms with Gasteiger partial charge in [-0.1, -0.05) is 32.9 Å². The van der Waals surface area contributed by atoms with Gasteiger partial charge in [-0.15, -0.1) is 0 Å². The van der Waals surface area contributed by atoms with Crippen LogP contribution >= 0.6 is 0 Å². The summed E-state index contributed by atoms with van der Waals surface area (Å²) in [6, 6.07) is 0. The van der Waals surface area contributed by atoms with Crippen molar-refractivity contribution in [3.63, 3.8) is 0 Å². The second-order valence-electron chi connectivity index (χ2n) is 5.33. The van der Waals surface area contributed by atoms with Crippen LogP contribution in [0.25, 0.3) is 0 Å². The first-order chi connectivity index (χ1) is 8.96. The average molecular weight is 266 g/mol. The molecule has 0 saturated heterocycles. The van der Waals surface area contributed by atoms with Crippen molar-refractivity contribution in [1.29, 1.82) is 0 Å². The molecule has 3 heteroatoms. The Morgan fingerprint density at radius 1 is 1.37 bits per heavy atom. The first kappa shape index (κ1) is 16.0. The summed E-state index contributed by atoms with van der Waals surface area (Å²) in [7, 11) is 0. The molecule has 108 valence electrons. The fourth-order valence-corrected chi connectivity index (χ4v) is 2.43. The van der Waals surface area contributed by atoms with Crippen LogP contribution in [0.3, 0.4) is 0 Å². The van der Waals surface area contributed by atoms with Gasteiger partial charge in [0.25, 0.3) is 0 Å². The highest BCUT2D eigenvalue weighted by Crippen LogP contribution is 2.36. The van der Waals surface area contributed by atoms with Crippen LogP contribution in [0.4, 0.5) is 0 Å². The number of hydrogen-bond donors (Lipinski definition) is 1. The first-order valence-electron chi connectivity index (χ1n) is 7.27. The minimum absolute atomic E-state index is 0.168. The number of cyclic esters (lactones) is 1. The Morgan fingerprint density at radius 3 is 2.47 bits per heavy atom. The number of carbonyl (C=O) groups is 1. The zero-order chi connectivity index (χ0) is 14.5. The van der Waals surface area contributed by atoms with Gasteiger partial charge in [0.2, 0.25) is 0 Å². The molecule has 0 aliphatic carbocycles. The van der Waals surface area contributed by atoms with E-state index in [-0.39, 0.29) is 5.97 Å². The van der Waals surface area contributed by atoms with E-state index in [0.29, 0.717) is 5.92 Å². The van der Waals surface area contributed by atoms with E-state index < -0.39 is 11.7 Å². The zero-order valence-electron chi connectivity index (χ0n) is 12.5. The average Bonchev–Trinajstić information content (AvgIpc) is 2.71. The molecule has 1 aliphatic rings. The highest BCUT2D eigenvalue weighted by molar-refractivity contribution is 5.91. The summed E-state index contributed by atoms with van der Waals surface area (Å²) < 4.78 is 5.61. The van der Waals surface area contributed by atoms with Crippen LogP contribution in [-0.4, -0.2) is 22.8 Å². The Hall–Kier alpha value is -1.09. The van der Waals surface area contributed by atoms with E-state index in [1.54, 1.807) is 13.0 Å². The van der Waals surface area contributed by atoms with Crippen molar-refractivity contribution in [2.75, 3.05) is 0 Å². The largest absolute Gasteiger partial charge is 0.451 e. The van der Waals surface area contributed by atoms with Gasteiger partial charge in [-0.2, -0.15) is 0 Å². The van der Waals surface area contributed by atoms with E-state index in [9.17, 15) is 9.90 Å². The lowest BCUT2D eigenvalue weighted by molar-refractivity contribution is -0.147. The summed E-state index contributed by atoms with van der Waals surface area (Å²) >= 11 is 0. The summed E-state index contributed by atoms with van der Waals surface area (Å²) in [5.74, 6) is 0.147. The van der Waals surface area contributed by atoms with E-state index in [0.717, 1.165) is 31.3 Å². The highest BCUT2D eigenvalue weighted by atomic mass is 16.6. The SMILES string of the molecule is CCC1=C[C@@](CC)(C[C@H](/C=C/[C@@H](C)O)CC)OC1=O. The number of hydrogen-bond acceptors (Lipinski definition) is 3. The number of aliphatic hydroxyl groups excluding tert-OH is 1. The molecule has 0 aromatic heterocycles. The van der Waals surface area contributed by atoms with Gasteiger partial charge < -0.3 is 9.84 Å². The molecule has 0 unspecified atom stereocenters. The predicted octanol–water partition coefficient (Wildman–Crippen LogP) is 3.38. The van der Waals surface area contributed by atoms with Crippen LogP contribution < -0.4 is 0 Å². The molecule has 0 fully saturated rings. The second-order valence-corrected chi connectivity index (χ2v) is 5.33. The van der Waals surface area contributed by atoms with Crippen LogP contribution in [0, 0.1) is 5.92 Å². The lowest BCUT2D eigenvalue weighted by Crippen LogP contribution is -2.30. The Balaban J connectivity index is 2.81. The highest BCUT2D eigenvalue weighted by Gasteiger charge is 2.38. The van der Waals surface area contributed by atoms with Crippen LogP contribution in [0.5, 0.6) is 0 Å². The molecule has 0 aromatic rings. The molecule has 1 heterocycles. The Kier molecular flexibility index (Phi) is 5.80. The van der Waals surface area contributed by atoms with Crippen molar-refractivity contribution in [3.05, 3.63) is 23.8 Å². The molecule has 0 spiro atoms. The third-order valence-electron chi connectivity index (χ3n) is 3.77. The molecule has 0 amide bonds. The monoisotopic (exact) mass is 266 g/mol. The van der Waals surface area contributed by atoms with E-state index >= 15 is 0 Å². The normalized spacial score (nSPS) is 26.4. The minimum atomic E-state index is -0.452. The van der Waals surface area contributed by atoms with Crippen molar-refractivity contribution in [1.82, 2.24) is 0 Å². The van der Waals surface area contributed by atoms with Crippen LogP contribution in [0.2, 0.25) is 0 Å². The van der Waals surface area contributed by atoms with E-state index in [1.807, 2.05) is 26.0 Å². The van der Waals surface area contributed by atoms with Gasteiger partial charge in [-0.3, -0.25) is 0 Å². The van der Waals surface area contributed by atoms with Crippen molar-refractivity contribution in [2.45, 2.75) is 65.1 Å². The summed E-state index contributed by atoms with van der Waals surface area (Å²) in [6.07, 6.45) is 8.69. The number of carbonyl (C=O) groups excluding carboxylic acids is 1. The van der Waals surface area contributed by atoms with E-state index in [2.05, 4.69) is 6.92 Å². The van der Waals surface area contributed by atoms with E-state index in [4.69, 9.17) is 4.74 Å². The van der Waals surface area contributed by atoms with Crippen molar-refractivity contribution < 1.29 is 14.6 Å². The van der Waals surface area contributed by atoms with Crippen molar-refractivity contribution >= 4 is 5.97 Å². The molecule has 1 N–H and O–H groups in total. The number of esters is 1. The number of rotatable bonds is 7. The van der Waals surface area contributed by atoms with Gasteiger partial charge in [0.05, 0.1) is 6.10 Å². The van der Waals surface area contributed by atoms with Gasteiger partial charge in [-0.05, 0) is 44.6 Å². The third-order valence-corrected chi connectivity index (χ3v) is 3.77. The molecule has 3 atom stereocenters. The van der Waals surface area contributed by atoms with Gasteiger partial charge in [-0.25, -0.2) is 4.79 Å². The Labute approximate surface area is 116 Å². The minimum Gasteiger partial charge on any atom is -0.451 e. The van der Waals surface area contributed by atoms with Crippen LogP contribution in [0.15, 0.2) is 23.8 Å². The van der Waals surface area contributed by atoms with Gasteiger partial charge in [0.15, 0.2) is 0 Å². The summed E-state index contributed by atoms with van der Waals surface area (Å²) in [5, 5.41) is 9.32. The molecule has 0 radical (unpaired) electrons. The van der Waals surface area contributed by atoms with Crippen LogP contribution in [-0.2, 0) is 9.53 Å². The Morgan fingerprint density at radius 2 is 2.05 bits per heavy atom. The number of ether oxygens (including phenoxy) is 1. The maximum Gasteiger partial charge on any atom is 0.334 e. The molecule has 3 nitrogen and oxygen atoms in total. The fraction of sp³-hybridized carbons (Fsp3) is 0.688. The quantitative estimate of drug-likeness (QED) is 0.567. The maximum absolute atomic E-state index is 11.8. The van der Waals surface area contributed by atoms with Crippen LogP contribution in [0.1, 0.15) is 53.4 Å². The Bertz CT molecular complexity index is 368. The lowest BCUT2D eigenvalue weighted by Gasteiger charge is -2.28. The van der Waals surface area contributed by atoms with Gasteiger partial charge in [0.1, 0.15) is 5.60 Å². The van der Waals surface area contributed by atoms with E-state index in [1.165, 1.54) is 0 Å². The fourth-order valence-electron chi connectivity index (χ4n) is 2.43. The molecule has 19 heavy (non-hydrogen) atoms. The maximum atomic E-state index is 11.8. The zero-order valence-corrected chi connectivity index (χ0v) is 12.5. The van der Waals surface area contributed by atoms with Crippen molar-refractivity contribution in [3.8, 4) is 0 Å². The topological polar surface area (TPSA) is 46.5 Å². The second kappa shape index (κ2) is 6.90. The molecule has 1 rings (SSSR count). The first-order valence-corrected chi connectivity index (χ1v) is 7.27. The smallest absolute Gasteiger partial charge is 0.334 e. The molecular weight excluding hydrogens is 240 g/mol. The number of aliphatic hydroxyl groups is 1. The summed E-state index contributed by atoms with van der Waals surface area (Å²) in [6.45, 7) is 7.88. The van der Waals surface area contributed by atoms with Gasteiger partial charge >= 0.3 is 5.97 Å². The lowest BCUT2D eigenvalue weighted by atomic mass is 9.86. The molecule has 0 saturated carbocycles. The molecular formula is C16H26O3. The summed E-state index contributed by atoms with van der Waals surface area (Å²) in [4.78, 5) is 11.8. The molecule has 0 aromatic carbocycles. The van der Waals surface area contributed by atoms with Gasteiger partial charge in [0, 0.05) is 5.57 Å². The molecule has 0 bridgehead atoms. The van der Waals surface area contributed by atoms with Crippen molar-refractivity contribution in [2.24, 2.45) is 5.92 Å². The summed E-state index contributed by atoms with van der Waals surface area (Å²) in [5.41, 5.74) is 0.336. The third kappa shape index (κ3) is 4.20. The standard InChI is InChI=1S/C16H26O3/c1-5-13(9-8-12(4)17)10-16(7-3)11-14(6-2)15(18)19-16/h8-9,11-13,17H,5-7,10H2,1-4H3/b9-8+/t12-,13+,16-/m1/s1. The number of allylic oxidation sites excluding steroid dienone is 1.